The predicted molar refractivity (Wildman–Crippen MR) is 105 cm³/mol. The highest BCUT2D eigenvalue weighted by Gasteiger charge is 2.24. The summed E-state index contributed by atoms with van der Waals surface area (Å²) in [5.74, 6) is 0.928. The number of aryl methyl sites for hydroxylation is 1. The zero-order valence-corrected chi connectivity index (χ0v) is 16.2. The van der Waals surface area contributed by atoms with E-state index >= 15 is 0 Å². The zero-order chi connectivity index (χ0) is 18.4. The zero-order valence-electron chi connectivity index (χ0n) is 14.7. The van der Waals surface area contributed by atoms with Gasteiger partial charge in [0.25, 0.3) is 0 Å². The number of likely N-dealkylation sites (tertiary alicyclic amines) is 1. The number of piperidine rings is 1. The van der Waals surface area contributed by atoms with Crippen molar-refractivity contribution in [1.29, 1.82) is 0 Å². The third-order valence-corrected chi connectivity index (χ3v) is 5.42. The summed E-state index contributed by atoms with van der Waals surface area (Å²) in [6, 6.07) is 9.35. The summed E-state index contributed by atoms with van der Waals surface area (Å²) in [5, 5.41) is 4.27. The number of benzene rings is 1. The minimum absolute atomic E-state index is 0.0181. The van der Waals surface area contributed by atoms with Crippen LogP contribution in [0.15, 0.2) is 41.0 Å². The van der Waals surface area contributed by atoms with Crippen molar-refractivity contribution >= 4 is 29.1 Å². The molecule has 2 heterocycles. The van der Waals surface area contributed by atoms with Crippen LogP contribution in [-0.2, 0) is 11.2 Å². The Labute approximate surface area is 164 Å². The molecule has 140 valence electrons. The molecule has 26 heavy (non-hydrogen) atoms. The van der Waals surface area contributed by atoms with Crippen LogP contribution in [0, 0.1) is 0 Å². The number of furan rings is 1. The number of nitrogens with zero attached hydrogens (tertiary/aromatic N) is 1. The smallest absolute Gasteiger partial charge is 0.220 e. The number of hydrogen-bond donors (Lipinski definition) is 1. The van der Waals surface area contributed by atoms with Crippen molar-refractivity contribution in [3.8, 4) is 0 Å². The molecular weight excluding hydrogens is 371 g/mol. The maximum absolute atomic E-state index is 12.3. The third-order valence-electron chi connectivity index (χ3n) is 4.83. The molecule has 0 radical (unpaired) electrons. The van der Waals surface area contributed by atoms with Gasteiger partial charge in [-0.1, -0.05) is 35.7 Å². The molecule has 1 aromatic heterocycles. The van der Waals surface area contributed by atoms with Crippen molar-refractivity contribution in [2.75, 3.05) is 19.6 Å². The van der Waals surface area contributed by atoms with Crippen LogP contribution < -0.4 is 5.32 Å². The minimum atomic E-state index is 0.0181. The molecule has 1 atom stereocenters. The van der Waals surface area contributed by atoms with Crippen LogP contribution in [0.25, 0.3) is 0 Å². The van der Waals surface area contributed by atoms with Gasteiger partial charge in [0.05, 0.1) is 12.3 Å². The lowest BCUT2D eigenvalue weighted by molar-refractivity contribution is -0.121. The van der Waals surface area contributed by atoms with E-state index in [9.17, 15) is 4.79 Å². The largest absolute Gasteiger partial charge is 0.468 e. The van der Waals surface area contributed by atoms with Gasteiger partial charge in [0.1, 0.15) is 5.76 Å². The van der Waals surface area contributed by atoms with Crippen LogP contribution in [0.2, 0.25) is 10.0 Å². The van der Waals surface area contributed by atoms with Crippen LogP contribution in [0.3, 0.4) is 0 Å². The Bertz CT molecular complexity index is 713. The predicted octanol–water partition coefficient (Wildman–Crippen LogP) is 4.86. The van der Waals surface area contributed by atoms with Gasteiger partial charge < -0.3 is 9.73 Å². The lowest BCUT2D eigenvalue weighted by Crippen LogP contribution is -2.40. The molecule has 6 heteroatoms. The minimum Gasteiger partial charge on any atom is -0.468 e. The second-order valence-electron chi connectivity index (χ2n) is 6.67. The van der Waals surface area contributed by atoms with Gasteiger partial charge in [0.2, 0.25) is 5.91 Å². The fourth-order valence-corrected chi connectivity index (χ4v) is 3.90. The van der Waals surface area contributed by atoms with E-state index in [2.05, 4.69) is 10.2 Å². The van der Waals surface area contributed by atoms with Gasteiger partial charge in [-0.25, -0.2) is 0 Å². The fraction of sp³-hybridized carbons (Fsp3) is 0.450. The monoisotopic (exact) mass is 394 g/mol. The first kappa shape index (κ1) is 19.3. The molecule has 1 aromatic carbocycles. The Morgan fingerprint density at radius 2 is 2.00 bits per heavy atom. The Morgan fingerprint density at radius 1 is 1.19 bits per heavy atom. The highest BCUT2D eigenvalue weighted by Crippen LogP contribution is 2.25. The Morgan fingerprint density at radius 3 is 2.69 bits per heavy atom. The van der Waals surface area contributed by atoms with E-state index < -0.39 is 0 Å². The van der Waals surface area contributed by atoms with Gasteiger partial charge in [-0.3, -0.25) is 9.69 Å². The van der Waals surface area contributed by atoms with E-state index in [4.69, 9.17) is 27.6 Å². The number of amides is 1. The normalized spacial score (nSPS) is 16.4. The molecule has 1 aliphatic heterocycles. The Kier molecular flexibility index (Phi) is 7.00. The number of hydrogen-bond acceptors (Lipinski definition) is 3. The second kappa shape index (κ2) is 9.45. The van der Waals surface area contributed by atoms with Crippen molar-refractivity contribution < 1.29 is 9.21 Å². The third kappa shape index (κ3) is 5.26. The summed E-state index contributed by atoms with van der Waals surface area (Å²) in [6.45, 7) is 2.64. The van der Waals surface area contributed by atoms with Crippen molar-refractivity contribution in [1.82, 2.24) is 10.2 Å². The number of carbonyl (C=O) groups excluding carboxylic acids is 1. The summed E-state index contributed by atoms with van der Waals surface area (Å²) < 4.78 is 5.61. The maximum Gasteiger partial charge on any atom is 0.220 e. The lowest BCUT2D eigenvalue weighted by atomic mass is 10.1. The summed E-state index contributed by atoms with van der Waals surface area (Å²) in [4.78, 5) is 14.7. The molecule has 1 amide bonds. The maximum atomic E-state index is 12.3. The standard InChI is InChI=1S/C20H24Cl2N2O2/c21-16-8-6-15(17(22)13-16)7-9-20(25)23-14-18(19-5-4-12-26-19)24-10-2-1-3-11-24/h4-6,8,12-13,18H,1-3,7,9-11,14H2,(H,23,25). The highest BCUT2D eigenvalue weighted by atomic mass is 35.5. The molecule has 0 bridgehead atoms. The van der Waals surface area contributed by atoms with Gasteiger partial charge in [-0.2, -0.15) is 0 Å². The van der Waals surface area contributed by atoms with Gasteiger partial charge in [-0.15, -0.1) is 0 Å². The van der Waals surface area contributed by atoms with Gasteiger partial charge in [0, 0.05) is 23.0 Å². The second-order valence-corrected chi connectivity index (χ2v) is 7.51. The van der Waals surface area contributed by atoms with Crippen LogP contribution >= 0.6 is 23.2 Å². The van der Waals surface area contributed by atoms with E-state index in [1.807, 2.05) is 18.2 Å². The van der Waals surface area contributed by atoms with Crippen molar-refractivity contribution in [3.05, 3.63) is 58.0 Å². The van der Waals surface area contributed by atoms with E-state index in [1.54, 1.807) is 18.4 Å². The molecule has 2 aromatic rings. The van der Waals surface area contributed by atoms with E-state index in [-0.39, 0.29) is 11.9 Å². The topological polar surface area (TPSA) is 45.5 Å². The van der Waals surface area contributed by atoms with Crippen LogP contribution in [-0.4, -0.2) is 30.4 Å². The molecule has 1 fully saturated rings. The fourth-order valence-electron chi connectivity index (χ4n) is 3.39. The molecule has 0 aliphatic carbocycles. The number of halogens is 2. The van der Waals surface area contributed by atoms with Gasteiger partial charge in [0.15, 0.2) is 0 Å². The molecule has 0 spiro atoms. The average molecular weight is 395 g/mol. The highest BCUT2D eigenvalue weighted by molar-refractivity contribution is 6.35. The molecule has 4 nitrogen and oxygen atoms in total. The summed E-state index contributed by atoms with van der Waals surface area (Å²) in [5.41, 5.74) is 0.935. The summed E-state index contributed by atoms with van der Waals surface area (Å²) >= 11 is 12.1. The van der Waals surface area contributed by atoms with E-state index in [0.717, 1.165) is 24.4 Å². The average Bonchev–Trinajstić information content (AvgIpc) is 3.16. The van der Waals surface area contributed by atoms with E-state index in [1.165, 1.54) is 19.3 Å². The van der Waals surface area contributed by atoms with Crippen molar-refractivity contribution in [2.24, 2.45) is 0 Å². The van der Waals surface area contributed by atoms with Gasteiger partial charge >= 0.3 is 0 Å². The quantitative estimate of drug-likeness (QED) is 0.728. The number of carbonyl (C=O) groups is 1. The number of rotatable bonds is 7. The molecule has 0 saturated carbocycles. The van der Waals surface area contributed by atoms with Crippen molar-refractivity contribution in [3.63, 3.8) is 0 Å². The first-order valence-electron chi connectivity index (χ1n) is 9.11. The van der Waals surface area contributed by atoms with Crippen LogP contribution in [0.1, 0.15) is 43.0 Å². The van der Waals surface area contributed by atoms with Gasteiger partial charge in [-0.05, 0) is 62.2 Å². The first-order valence-corrected chi connectivity index (χ1v) is 9.87. The summed E-state index contributed by atoms with van der Waals surface area (Å²) in [6.07, 6.45) is 6.34. The lowest BCUT2D eigenvalue weighted by Gasteiger charge is -2.33. The number of nitrogens with one attached hydrogen (secondary N) is 1. The van der Waals surface area contributed by atoms with E-state index in [0.29, 0.717) is 29.4 Å². The molecule has 1 unspecified atom stereocenters. The SMILES string of the molecule is O=C(CCc1ccc(Cl)cc1Cl)NCC(c1ccco1)N1CCCCC1. The van der Waals surface area contributed by atoms with Crippen LogP contribution in [0.4, 0.5) is 0 Å². The molecular formula is C20H24Cl2N2O2. The molecule has 1 N–H and O–H groups in total. The Balaban J connectivity index is 1.53. The molecule has 1 saturated heterocycles. The Hall–Kier alpha value is -1.49. The molecule has 3 rings (SSSR count). The molecule has 1 aliphatic rings. The first-order chi connectivity index (χ1) is 12.6. The summed E-state index contributed by atoms with van der Waals surface area (Å²) in [7, 11) is 0. The van der Waals surface area contributed by atoms with Crippen molar-refractivity contribution in [2.45, 2.75) is 38.1 Å². The van der Waals surface area contributed by atoms with Crippen LogP contribution in [0.5, 0.6) is 0 Å².